The topological polar surface area (TPSA) is 72.2 Å². The van der Waals surface area contributed by atoms with Gasteiger partial charge in [0.05, 0.1) is 10.7 Å². The molecule has 1 aromatic rings. The van der Waals surface area contributed by atoms with Crippen LogP contribution in [0.5, 0.6) is 0 Å². The minimum absolute atomic E-state index is 0.0654. The first kappa shape index (κ1) is 15.7. The van der Waals surface area contributed by atoms with Crippen molar-refractivity contribution in [3.05, 3.63) is 29.6 Å². The average Bonchev–Trinajstić information content (AvgIpc) is 2.30. The van der Waals surface area contributed by atoms with Gasteiger partial charge in [-0.15, -0.1) is 0 Å². The highest BCUT2D eigenvalue weighted by Gasteiger charge is 2.28. The number of thiocarbonyl (C=S) groups is 1. The van der Waals surface area contributed by atoms with Gasteiger partial charge >= 0.3 is 0 Å². The van der Waals surface area contributed by atoms with Crippen LogP contribution in [0.1, 0.15) is 13.3 Å². The van der Waals surface area contributed by atoms with Gasteiger partial charge in [0.25, 0.3) is 0 Å². The normalized spacial score (nSPS) is 13.1. The Balaban J connectivity index is 3.16. The standard InChI is InChI=1S/C10H11F3N2O2S2/c1-2-7(10(14)18)19(16,17)15-6-4-3-5(11)8(12)9(6)13/h3-4,7,15H,2H2,1H3,(H2,14,18). The van der Waals surface area contributed by atoms with E-state index >= 15 is 0 Å². The summed E-state index contributed by atoms with van der Waals surface area (Å²) in [6.07, 6.45) is 0.0654. The van der Waals surface area contributed by atoms with E-state index < -0.39 is 38.4 Å². The molecular formula is C10H11F3N2O2S2. The van der Waals surface area contributed by atoms with Gasteiger partial charge in [0, 0.05) is 0 Å². The van der Waals surface area contributed by atoms with Crippen molar-refractivity contribution in [2.24, 2.45) is 5.73 Å². The molecule has 0 aliphatic carbocycles. The van der Waals surface area contributed by atoms with Gasteiger partial charge in [-0.25, -0.2) is 21.6 Å². The quantitative estimate of drug-likeness (QED) is 0.643. The van der Waals surface area contributed by atoms with Gasteiger partial charge in [-0.05, 0) is 18.6 Å². The summed E-state index contributed by atoms with van der Waals surface area (Å²) >= 11 is 4.59. The Morgan fingerprint density at radius 2 is 1.95 bits per heavy atom. The van der Waals surface area contributed by atoms with Crippen molar-refractivity contribution in [3.8, 4) is 0 Å². The van der Waals surface area contributed by atoms with Crippen molar-refractivity contribution in [1.82, 2.24) is 0 Å². The number of benzene rings is 1. The molecule has 106 valence electrons. The zero-order valence-corrected chi connectivity index (χ0v) is 11.4. The van der Waals surface area contributed by atoms with E-state index in [1.165, 1.54) is 6.92 Å². The minimum Gasteiger partial charge on any atom is -0.392 e. The molecule has 19 heavy (non-hydrogen) atoms. The van der Waals surface area contributed by atoms with Crippen LogP contribution in [0.4, 0.5) is 18.9 Å². The number of nitrogens with one attached hydrogen (secondary N) is 1. The molecule has 0 bridgehead atoms. The fourth-order valence-corrected chi connectivity index (χ4v) is 3.30. The van der Waals surface area contributed by atoms with Crippen LogP contribution in [-0.4, -0.2) is 18.7 Å². The van der Waals surface area contributed by atoms with Crippen LogP contribution in [0.25, 0.3) is 0 Å². The molecule has 3 N–H and O–H groups in total. The summed E-state index contributed by atoms with van der Waals surface area (Å²) in [5.41, 5.74) is 4.56. The van der Waals surface area contributed by atoms with E-state index in [0.29, 0.717) is 6.07 Å². The van der Waals surface area contributed by atoms with Gasteiger partial charge in [-0.2, -0.15) is 0 Å². The smallest absolute Gasteiger partial charge is 0.242 e. The number of halogens is 3. The van der Waals surface area contributed by atoms with Gasteiger partial charge in [0.1, 0.15) is 5.25 Å². The number of hydrogen-bond acceptors (Lipinski definition) is 3. The lowest BCUT2D eigenvalue weighted by atomic mass is 10.3. The molecule has 1 atom stereocenters. The number of sulfonamides is 1. The molecule has 9 heteroatoms. The molecule has 0 aliphatic heterocycles. The van der Waals surface area contributed by atoms with Crippen LogP contribution in [0.3, 0.4) is 0 Å². The first-order valence-electron chi connectivity index (χ1n) is 5.15. The minimum atomic E-state index is -4.12. The lowest BCUT2D eigenvalue weighted by molar-refractivity contribution is 0.449. The average molecular weight is 312 g/mol. The number of rotatable bonds is 5. The summed E-state index contributed by atoms with van der Waals surface area (Å²) in [6, 6.07) is 1.38. The van der Waals surface area contributed by atoms with Crippen LogP contribution in [-0.2, 0) is 10.0 Å². The molecule has 0 amide bonds. The van der Waals surface area contributed by atoms with E-state index in [9.17, 15) is 21.6 Å². The lowest BCUT2D eigenvalue weighted by Gasteiger charge is -2.16. The van der Waals surface area contributed by atoms with Crippen molar-refractivity contribution in [2.75, 3.05) is 4.72 Å². The molecule has 4 nitrogen and oxygen atoms in total. The Hall–Kier alpha value is -1.35. The van der Waals surface area contributed by atoms with Gasteiger partial charge in [0.2, 0.25) is 10.0 Å². The highest BCUT2D eigenvalue weighted by molar-refractivity contribution is 7.95. The molecule has 0 saturated carbocycles. The van der Waals surface area contributed by atoms with E-state index in [1.54, 1.807) is 0 Å². The zero-order chi connectivity index (χ0) is 14.8. The predicted molar refractivity (Wildman–Crippen MR) is 69.7 cm³/mol. The summed E-state index contributed by atoms with van der Waals surface area (Å²) in [4.78, 5) is -0.294. The SMILES string of the molecule is CCC(C(N)=S)S(=O)(=O)Nc1ccc(F)c(F)c1F. The second kappa shape index (κ2) is 5.74. The molecule has 1 rings (SSSR count). The lowest BCUT2D eigenvalue weighted by Crippen LogP contribution is -2.37. The molecule has 0 heterocycles. The second-order valence-electron chi connectivity index (χ2n) is 3.67. The highest BCUT2D eigenvalue weighted by Crippen LogP contribution is 2.22. The number of nitrogens with two attached hydrogens (primary N) is 1. The van der Waals surface area contributed by atoms with Crippen LogP contribution < -0.4 is 10.5 Å². The molecule has 1 unspecified atom stereocenters. The van der Waals surface area contributed by atoms with Crippen molar-refractivity contribution >= 4 is 32.9 Å². The van der Waals surface area contributed by atoms with Crippen LogP contribution in [0.15, 0.2) is 12.1 Å². The van der Waals surface area contributed by atoms with Gasteiger partial charge in [0.15, 0.2) is 17.5 Å². The Kier molecular flexibility index (Phi) is 4.75. The molecule has 0 aliphatic rings. The van der Waals surface area contributed by atoms with Crippen molar-refractivity contribution in [3.63, 3.8) is 0 Å². The van der Waals surface area contributed by atoms with E-state index in [4.69, 9.17) is 5.73 Å². The monoisotopic (exact) mass is 312 g/mol. The second-order valence-corrected chi connectivity index (χ2v) is 6.00. The third-order valence-corrected chi connectivity index (χ3v) is 4.62. The van der Waals surface area contributed by atoms with Gasteiger partial charge < -0.3 is 5.73 Å². The molecule has 0 fully saturated rings. The number of hydrogen-bond donors (Lipinski definition) is 2. The van der Waals surface area contributed by atoms with E-state index in [-0.39, 0.29) is 11.4 Å². The molecule has 0 radical (unpaired) electrons. The Morgan fingerprint density at radius 3 is 2.42 bits per heavy atom. The highest BCUT2D eigenvalue weighted by atomic mass is 32.2. The van der Waals surface area contributed by atoms with E-state index in [0.717, 1.165) is 6.07 Å². The zero-order valence-electron chi connectivity index (χ0n) is 9.78. The molecular weight excluding hydrogens is 301 g/mol. The maximum atomic E-state index is 13.4. The summed E-state index contributed by atoms with van der Waals surface area (Å²) in [5.74, 6) is -4.80. The van der Waals surface area contributed by atoms with Crippen LogP contribution in [0.2, 0.25) is 0 Å². The molecule has 0 aromatic heterocycles. The first-order valence-corrected chi connectivity index (χ1v) is 7.10. The number of anilines is 1. The van der Waals surface area contributed by atoms with Crippen molar-refractivity contribution in [1.29, 1.82) is 0 Å². The van der Waals surface area contributed by atoms with Gasteiger partial charge in [-0.3, -0.25) is 4.72 Å². The summed E-state index contributed by atoms with van der Waals surface area (Å²) in [7, 11) is -4.12. The van der Waals surface area contributed by atoms with Crippen molar-refractivity contribution < 1.29 is 21.6 Å². The van der Waals surface area contributed by atoms with Crippen molar-refractivity contribution in [2.45, 2.75) is 18.6 Å². The third-order valence-electron chi connectivity index (χ3n) is 2.35. The summed E-state index contributed by atoms with van der Waals surface area (Å²) < 4.78 is 64.6. The maximum absolute atomic E-state index is 13.4. The fraction of sp³-hybridized carbons (Fsp3) is 0.300. The van der Waals surface area contributed by atoms with Crippen LogP contribution in [0, 0.1) is 17.5 Å². The Labute approximate surface area is 113 Å². The maximum Gasteiger partial charge on any atom is 0.242 e. The van der Waals surface area contributed by atoms with Crippen LogP contribution >= 0.6 is 12.2 Å². The Bertz CT molecular complexity index is 605. The largest absolute Gasteiger partial charge is 0.392 e. The fourth-order valence-electron chi connectivity index (χ4n) is 1.40. The molecule has 0 saturated heterocycles. The molecule has 0 spiro atoms. The van der Waals surface area contributed by atoms with E-state index in [2.05, 4.69) is 12.2 Å². The predicted octanol–water partition coefficient (Wildman–Crippen LogP) is 1.91. The van der Waals surface area contributed by atoms with Gasteiger partial charge in [-0.1, -0.05) is 19.1 Å². The molecule has 1 aromatic carbocycles. The summed E-state index contributed by atoms with van der Waals surface area (Å²) in [5, 5.41) is -1.23. The summed E-state index contributed by atoms with van der Waals surface area (Å²) in [6.45, 7) is 1.52. The first-order chi connectivity index (χ1) is 8.70. The Morgan fingerprint density at radius 1 is 1.37 bits per heavy atom. The third kappa shape index (κ3) is 3.35. The van der Waals surface area contributed by atoms with E-state index in [1.807, 2.05) is 4.72 Å².